The van der Waals surface area contributed by atoms with Gasteiger partial charge in [0, 0.05) is 35.1 Å². The molecule has 0 bridgehead atoms. The lowest BCUT2D eigenvalue weighted by molar-refractivity contribution is -0.108. The third kappa shape index (κ3) is 7.61. The predicted octanol–water partition coefficient (Wildman–Crippen LogP) is 4.29. The van der Waals surface area contributed by atoms with E-state index in [2.05, 4.69) is 23.3 Å². The van der Waals surface area contributed by atoms with Gasteiger partial charge in [0.25, 0.3) is 5.56 Å². The predicted molar refractivity (Wildman–Crippen MR) is 125 cm³/mol. The molecule has 3 rings (SSSR count). The van der Waals surface area contributed by atoms with Crippen LogP contribution in [0, 0.1) is 11.3 Å². The molecule has 1 aromatic rings. The fourth-order valence-corrected chi connectivity index (χ4v) is 3.44. The molecule has 2 aliphatic carbocycles. The zero-order chi connectivity index (χ0) is 22.7. The Balaban J connectivity index is 0.000000357. The molecule has 31 heavy (non-hydrogen) atoms. The number of aryl methyl sites for hydroxylation is 1. The molecule has 1 saturated carbocycles. The normalized spacial score (nSPS) is 16.2. The van der Waals surface area contributed by atoms with Crippen molar-refractivity contribution in [3.63, 3.8) is 0 Å². The average molecular weight is 443 g/mol. The largest absolute Gasteiger partial charge is 0.313 e. The molecule has 0 aromatic carbocycles. The molecule has 0 saturated heterocycles. The third-order valence-electron chi connectivity index (χ3n) is 5.50. The lowest BCUT2D eigenvalue weighted by atomic mass is 10.1. The molecule has 0 unspecified atom stereocenters. The first-order valence-corrected chi connectivity index (χ1v) is 11.2. The number of nitrogens with one attached hydrogen (secondary N) is 1. The molecule has 166 valence electrons. The highest BCUT2D eigenvalue weighted by Gasteiger charge is 2.40. The molecule has 7 heteroatoms. The first-order valence-electron chi connectivity index (χ1n) is 10.8. The van der Waals surface area contributed by atoms with E-state index in [4.69, 9.17) is 16.9 Å². The summed E-state index contributed by atoms with van der Waals surface area (Å²) in [7, 11) is 1.92. The maximum atomic E-state index is 12.3. The van der Waals surface area contributed by atoms with Crippen molar-refractivity contribution < 1.29 is 4.79 Å². The highest BCUT2D eigenvalue weighted by molar-refractivity contribution is 6.29. The Morgan fingerprint density at radius 3 is 2.71 bits per heavy atom. The number of hydrogen-bond acceptors (Lipinski definition) is 5. The van der Waals surface area contributed by atoms with Crippen LogP contribution in [0.15, 0.2) is 40.2 Å². The number of hydrogen-bond donors (Lipinski definition) is 1. The number of aldehydes is 1. The van der Waals surface area contributed by atoms with Gasteiger partial charge < -0.3 is 10.1 Å². The fourth-order valence-electron chi connectivity index (χ4n) is 3.29. The van der Waals surface area contributed by atoms with Crippen LogP contribution >= 0.6 is 11.6 Å². The van der Waals surface area contributed by atoms with E-state index in [1.807, 2.05) is 31.4 Å². The number of nitrogens with zero attached hydrogens (tertiary/aromatic N) is 3. The molecule has 0 aliphatic heterocycles. The van der Waals surface area contributed by atoms with Gasteiger partial charge in [-0.3, -0.25) is 9.36 Å². The summed E-state index contributed by atoms with van der Waals surface area (Å²) in [5, 5.41) is 12.2. The highest BCUT2D eigenvalue weighted by Crippen LogP contribution is 2.37. The van der Waals surface area contributed by atoms with Crippen LogP contribution in [0.2, 0.25) is 0 Å². The van der Waals surface area contributed by atoms with Gasteiger partial charge in [-0.25, -0.2) is 4.98 Å². The minimum atomic E-state index is -0.192. The lowest BCUT2D eigenvalue weighted by Crippen LogP contribution is -2.26. The summed E-state index contributed by atoms with van der Waals surface area (Å²) in [6, 6.07) is 3.64. The molecule has 1 heterocycles. The SMILES string of the molecule is CCCCCc1nc(C2=CC=C(Cl)CC=C2)cc(=O)n1CC=O.CNC1(CC#N)CC1. The molecular weight excluding hydrogens is 412 g/mol. The van der Waals surface area contributed by atoms with Gasteiger partial charge in [0.05, 0.1) is 24.7 Å². The van der Waals surface area contributed by atoms with E-state index in [0.29, 0.717) is 30.8 Å². The Kier molecular flexibility index (Phi) is 9.90. The molecule has 1 N–H and O–H groups in total. The van der Waals surface area contributed by atoms with E-state index in [9.17, 15) is 9.59 Å². The molecule has 0 atom stereocenters. The number of carbonyl (C=O) groups excluding carboxylic acids is 1. The number of rotatable bonds is 9. The van der Waals surface area contributed by atoms with Crippen molar-refractivity contribution in [3.05, 3.63) is 57.3 Å². The Bertz CT molecular complexity index is 949. The Morgan fingerprint density at radius 1 is 1.35 bits per heavy atom. The number of allylic oxidation sites excluding steroid dienone is 6. The van der Waals surface area contributed by atoms with Gasteiger partial charge in [-0.2, -0.15) is 5.26 Å². The summed E-state index contributed by atoms with van der Waals surface area (Å²) < 4.78 is 1.45. The van der Waals surface area contributed by atoms with Crippen LogP contribution in [0.25, 0.3) is 5.57 Å². The minimum absolute atomic E-state index is 0.0498. The summed E-state index contributed by atoms with van der Waals surface area (Å²) in [6.45, 7) is 2.17. The first-order chi connectivity index (χ1) is 15.0. The van der Waals surface area contributed by atoms with E-state index in [1.165, 1.54) is 23.5 Å². The molecule has 1 aromatic heterocycles. The fraction of sp³-hybridized carbons (Fsp3) is 0.500. The summed E-state index contributed by atoms with van der Waals surface area (Å²) in [5.41, 5.74) is 1.52. The second-order valence-corrected chi connectivity index (χ2v) is 8.32. The summed E-state index contributed by atoms with van der Waals surface area (Å²) in [5.74, 6) is 0.668. The van der Waals surface area contributed by atoms with Crippen LogP contribution in [-0.4, -0.2) is 28.4 Å². The maximum absolute atomic E-state index is 12.3. The van der Waals surface area contributed by atoms with Crippen molar-refractivity contribution in [2.24, 2.45) is 0 Å². The highest BCUT2D eigenvalue weighted by atomic mass is 35.5. The zero-order valence-corrected chi connectivity index (χ0v) is 19.1. The van der Waals surface area contributed by atoms with E-state index < -0.39 is 0 Å². The topological polar surface area (TPSA) is 87.8 Å². The number of unbranched alkanes of at least 4 members (excludes halogenated alkanes) is 2. The van der Waals surface area contributed by atoms with Crippen LogP contribution in [0.1, 0.15) is 63.4 Å². The second-order valence-electron chi connectivity index (χ2n) is 7.84. The summed E-state index contributed by atoms with van der Waals surface area (Å²) >= 11 is 6.03. The van der Waals surface area contributed by atoms with Crippen LogP contribution < -0.4 is 10.9 Å². The van der Waals surface area contributed by atoms with Crippen LogP contribution in [-0.2, 0) is 17.8 Å². The average Bonchev–Trinajstić information content (AvgIpc) is 3.56. The van der Waals surface area contributed by atoms with Crippen LogP contribution in [0.4, 0.5) is 0 Å². The summed E-state index contributed by atoms with van der Waals surface area (Å²) in [6.07, 6.45) is 15.8. The lowest BCUT2D eigenvalue weighted by Gasteiger charge is -2.11. The van der Waals surface area contributed by atoms with Crippen molar-refractivity contribution in [1.29, 1.82) is 5.26 Å². The standard InChI is InChI=1S/C18H21ClN2O2.C6H10N2/c1-2-3-4-8-17-20-16(13-18(23)21(17)11-12-22)14-6-5-7-15(19)10-9-14;1-8-6(2-3-6)4-5-7/h5-6,9-10,12-13H,2-4,7-8,11H2,1H3;8H,2-4H2,1H3. The van der Waals surface area contributed by atoms with Gasteiger partial charge >= 0.3 is 0 Å². The summed E-state index contributed by atoms with van der Waals surface area (Å²) in [4.78, 5) is 27.8. The van der Waals surface area contributed by atoms with Gasteiger partial charge in [0.15, 0.2) is 0 Å². The van der Waals surface area contributed by atoms with Gasteiger partial charge in [0.2, 0.25) is 0 Å². The number of aromatic nitrogens is 2. The van der Waals surface area contributed by atoms with E-state index in [-0.39, 0.29) is 17.6 Å². The number of nitriles is 1. The van der Waals surface area contributed by atoms with E-state index in [1.54, 1.807) is 0 Å². The van der Waals surface area contributed by atoms with Crippen LogP contribution in [0.3, 0.4) is 0 Å². The Hall–Kier alpha value is -2.49. The second kappa shape index (κ2) is 12.4. The molecule has 0 spiro atoms. The smallest absolute Gasteiger partial charge is 0.254 e. The van der Waals surface area contributed by atoms with Crippen molar-refractivity contribution in [2.45, 2.75) is 70.4 Å². The first kappa shape index (κ1) is 24.8. The van der Waals surface area contributed by atoms with E-state index >= 15 is 0 Å². The maximum Gasteiger partial charge on any atom is 0.254 e. The monoisotopic (exact) mass is 442 g/mol. The third-order valence-corrected chi connectivity index (χ3v) is 5.78. The Labute approximate surface area is 189 Å². The van der Waals surface area contributed by atoms with Gasteiger partial charge in [-0.1, -0.05) is 49.6 Å². The number of carbonyl (C=O) groups is 1. The molecule has 1 fully saturated rings. The van der Waals surface area contributed by atoms with E-state index in [0.717, 1.165) is 36.2 Å². The van der Waals surface area contributed by atoms with Crippen molar-refractivity contribution in [2.75, 3.05) is 7.05 Å². The van der Waals surface area contributed by atoms with Gasteiger partial charge in [0.1, 0.15) is 12.1 Å². The molecule has 6 nitrogen and oxygen atoms in total. The van der Waals surface area contributed by atoms with Crippen molar-refractivity contribution in [1.82, 2.24) is 14.9 Å². The molecule has 0 radical (unpaired) electrons. The molecule has 2 aliphatic rings. The number of halogens is 1. The van der Waals surface area contributed by atoms with Gasteiger partial charge in [-0.15, -0.1) is 0 Å². The zero-order valence-electron chi connectivity index (χ0n) is 18.4. The minimum Gasteiger partial charge on any atom is -0.313 e. The molecular formula is C24H31ClN4O2. The van der Waals surface area contributed by atoms with Crippen molar-refractivity contribution >= 4 is 23.5 Å². The Morgan fingerprint density at radius 2 is 2.13 bits per heavy atom. The molecule has 0 amide bonds. The van der Waals surface area contributed by atoms with Crippen LogP contribution in [0.5, 0.6) is 0 Å². The quantitative estimate of drug-likeness (QED) is 0.455. The van der Waals surface area contributed by atoms with Gasteiger partial charge in [-0.05, 0) is 32.4 Å². The van der Waals surface area contributed by atoms with Crippen molar-refractivity contribution in [3.8, 4) is 6.07 Å².